The van der Waals surface area contributed by atoms with Gasteiger partial charge in [0.2, 0.25) is 0 Å². The van der Waals surface area contributed by atoms with Crippen molar-refractivity contribution < 1.29 is 13.2 Å². The third-order valence-corrected chi connectivity index (χ3v) is 4.01. The number of aryl methyl sites for hydroxylation is 1. The molecule has 10 heteroatoms. The van der Waals surface area contributed by atoms with Crippen LogP contribution in [0.25, 0.3) is 0 Å². The van der Waals surface area contributed by atoms with E-state index < -0.39 is 12.7 Å². The maximum Gasteiger partial charge on any atom is 0.401 e. The predicted octanol–water partition coefficient (Wildman–Crippen LogP) is 3.69. The average Bonchev–Trinajstić information content (AvgIpc) is 2.78. The topological polar surface area (TPSA) is 35.8 Å². The average molecular weight is 554 g/mol. The number of nitrogens with zero attached hydrogens (tertiary/aromatic N) is 4. The number of aromatic nitrogens is 1. The molecule has 0 atom stereocenters. The summed E-state index contributed by atoms with van der Waals surface area (Å²) in [4.78, 5) is 7.79. The minimum atomic E-state index is -4.16. The van der Waals surface area contributed by atoms with Crippen molar-refractivity contribution in [1.29, 1.82) is 0 Å². The van der Waals surface area contributed by atoms with Crippen molar-refractivity contribution >= 4 is 45.9 Å². The zero-order valence-electron chi connectivity index (χ0n) is 15.6. The number of hydrogen-bond donors (Lipinski definition) is 1. The van der Waals surface area contributed by atoms with Crippen LogP contribution in [0.1, 0.15) is 19.0 Å². The summed E-state index contributed by atoms with van der Waals surface area (Å²) < 4.78 is 40.0. The first-order chi connectivity index (χ1) is 11.6. The molecule has 0 amide bonds. The number of halogens is 5. The number of rotatable bonds is 8. The number of alkyl halides is 3. The molecule has 0 aromatic carbocycles. The highest BCUT2D eigenvalue weighted by Crippen LogP contribution is 2.16. The van der Waals surface area contributed by atoms with Gasteiger partial charge >= 0.3 is 6.18 Å². The highest BCUT2D eigenvalue weighted by molar-refractivity contribution is 14.0. The van der Waals surface area contributed by atoms with E-state index in [1.807, 2.05) is 42.7 Å². The molecule has 1 aromatic rings. The fourth-order valence-corrected chi connectivity index (χ4v) is 2.99. The fraction of sp³-hybridized carbons (Fsp3) is 0.688. The van der Waals surface area contributed by atoms with Crippen molar-refractivity contribution in [1.82, 2.24) is 19.7 Å². The van der Waals surface area contributed by atoms with Crippen molar-refractivity contribution in [3.63, 3.8) is 0 Å². The zero-order chi connectivity index (χ0) is 19.0. The Hall–Kier alpha value is -0.490. The fourth-order valence-electron chi connectivity index (χ4n) is 2.42. The second-order valence-electron chi connectivity index (χ2n) is 6.06. The molecular formula is C16H28BrF3IN5. The van der Waals surface area contributed by atoms with Crippen LogP contribution in [0.4, 0.5) is 13.2 Å². The summed E-state index contributed by atoms with van der Waals surface area (Å²) in [7, 11) is 5.40. The summed E-state index contributed by atoms with van der Waals surface area (Å²) in [5, 5.41) is 3.22. The van der Waals surface area contributed by atoms with Crippen LogP contribution in [0.3, 0.4) is 0 Å². The standard InChI is InChI=1S/C16H27BrF3N5.HI/c1-5-21-15(22-7-6-8-23(2)12-16(18,19)20)25(4)11-14-9-13(17)10-24(14)3;/h9-10H,5-8,11-12H2,1-4H3,(H,21,22);1H. The van der Waals surface area contributed by atoms with Crippen LogP contribution in [-0.2, 0) is 13.6 Å². The Labute approximate surface area is 179 Å². The molecule has 1 N–H and O–H groups in total. The van der Waals surface area contributed by atoms with Gasteiger partial charge in [-0.2, -0.15) is 13.2 Å². The van der Waals surface area contributed by atoms with Crippen molar-refractivity contribution in [2.24, 2.45) is 12.0 Å². The maximum absolute atomic E-state index is 12.3. The number of nitrogens with one attached hydrogen (secondary N) is 1. The molecule has 1 heterocycles. The van der Waals surface area contributed by atoms with E-state index in [4.69, 9.17) is 0 Å². The van der Waals surface area contributed by atoms with E-state index in [1.165, 1.54) is 11.9 Å². The van der Waals surface area contributed by atoms with Gasteiger partial charge in [0, 0.05) is 43.5 Å². The van der Waals surface area contributed by atoms with Gasteiger partial charge in [-0.3, -0.25) is 9.89 Å². The zero-order valence-corrected chi connectivity index (χ0v) is 19.5. The van der Waals surface area contributed by atoms with Crippen molar-refractivity contribution in [2.75, 3.05) is 40.3 Å². The molecule has 0 unspecified atom stereocenters. The lowest BCUT2D eigenvalue weighted by Crippen LogP contribution is -2.39. The molecule has 0 aliphatic rings. The molecule has 5 nitrogen and oxygen atoms in total. The first-order valence-electron chi connectivity index (χ1n) is 8.18. The predicted molar refractivity (Wildman–Crippen MR) is 114 cm³/mol. The molecule has 0 fully saturated rings. The summed E-state index contributed by atoms with van der Waals surface area (Å²) in [5.41, 5.74) is 1.13. The molecule has 0 saturated heterocycles. The molecule has 0 aliphatic heterocycles. The lowest BCUT2D eigenvalue weighted by atomic mass is 10.4. The van der Waals surface area contributed by atoms with Gasteiger partial charge in [0.1, 0.15) is 0 Å². The summed E-state index contributed by atoms with van der Waals surface area (Å²) in [6.07, 6.45) is -1.59. The van der Waals surface area contributed by atoms with E-state index >= 15 is 0 Å². The molecule has 1 rings (SSSR count). The Bertz CT molecular complexity index is 563. The lowest BCUT2D eigenvalue weighted by molar-refractivity contribution is -0.143. The van der Waals surface area contributed by atoms with Gasteiger partial charge in [-0.15, -0.1) is 24.0 Å². The first kappa shape index (κ1) is 25.5. The second-order valence-corrected chi connectivity index (χ2v) is 6.97. The SMILES string of the molecule is CCNC(=NCCCN(C)CC(F)(F)F)N(C)Cc1cc(Br)cn1C.I. The van der Waals surface area contributed by atoms with Gasteiger partial charge < -0.3 is 14.8 Å². The molecular weight excluding hydrogens is 526 g/mol. The smallest absolute Gasteiger partial charge is 0.357 e. The second kappa shape index (κ2) is 12.1. The molecule has 0 saturated carbocycles. The molecule has 0 bridgehead atoms. The van der Waals surface area contributed by atoms with Gasteiger partial charge in [-0.05, 0) is 48.9 Å². The Morgan fingerprint density at radius 3 is 2.50 bits per heavy atom. The lowest BCUT2D eigenvalue weighted by Gasteiger charge is -2.22. The van der Waals surface area contributed by atoms with Gasteiger partial charge in [-0.1, -0.05) is 0 Å². The Morgan fingerprint density at radius 1 is 1.35 bits per heavy atom. The third kappa shape index (κ3) is 10.0. The highest BCUT2D eigenvalue weighted by Gasteiger charge is 2.28. The molecule has 0 radical (unpaired) electrons. The van der Waals surface area contributed by atoms with Crippen LogP contribution >= 0.6 is 39.9 Å². The number of guanidine groups is 1. The highest BCUT2D eigenvalue weighted by atomic mass is 127. The molecule has 0 spiro atoms. The summed E-state index contributed by atoms with van der Waals surface area (Å²) >= 11 is 3.46. The van der Waals surface area contributed by atoms with Crippen LogP contribution in [0, 0.1) is 0 Å². The monoisotopic (exact) mass is 553 g/mol. The summed E-state index contributed by atoms with van der Waals surface area (Å²) in [6.45, 7) is 3.34. The van der Waals surface area contributed by atoms with Crippen LogP contribution in [0.2, 0.25) is 0 Å². The number of hydrogen-bond acceptors (Lipinski definition) is 2. The minimum absolute atomic E-state index is 0. The van der Waals surface area contributed by atoms with E-state index in [9.17, 15) is 13.2 Å². The first-order valence-corrected chi connectivity index (χ1v) is 8.97. The maximum atomic E-state index is 12.3. The third-order valence-electron chi connectivity index (χ3n) is 3.58. The van der Waals surface area contributed by atoms with E-state index in [2.05, 4.69) is 26.2 Å². The Kier molecular flexibility index (Phi) is 11.8. The van der Waals surface area contributed by atoms with Crippen LogP contribution in [0.5, 0.6) is 0 Å². The van der Waals surface area contributed by atoms with Crippen molar-refractivity contribution in [3.05, 3.63) is 22.4 Å². The summed E-state index contributed by atoms with van der Waals surface area (Å²) in [5.74, 6) is 0.748. The van der Waals surface area contributed by atoms with E-state index in [-0.39, 0.29) is 24.0 Å². The van der Waals surface area contributed by atoms with Gasteiger partial charge in [0.25, 0.3) is 0 Å². The molecule has 26 heavy (non-hydrogen) atoms. The summed E-state index contributed by atoms with van der Waals surface area (Å²) in [6, 6.07) is 2.05. The van der Waals surface area contributed by atoms with Crippen LogP contribution in [0.15, 0.2) is 21.7 Å². The van der Waals surface area contributed by atoms with Crippen molar-refractivity contribution in [3.8, 4) is 0 Å². The van der Waals surface area contributed by atoms with Gasteiger partial charge in [0.15, 0.2) is 5.96 Å². The van der Waals surface area contributed by atoms with Gasteiger partial charge in [0.05, 0.1) is 13.1 Å². The number of aliphatic imine (C=N–C) groups is 1. The van der Waals surface area contributed by atoms with E-state index in [0.717, 1.165) is 22.7 Å². The van der Waals surface area contributed by atoms with Crippen LogP contribution in [-0.4, -0.2) is 66.8 Å². The van der Waals surface area contributed by atoms with Crippen LogP contribution < -0.4 is 5.32 Å². The Morgan fingerprint density at radius 2 is 2.00 bits per heavy atom. The van der Waals surface area contributed by atoms with Gasteiger partial charge in [-0.25, -0.2) is 0 Å². The minimum Gasteiger partial charge on any atom is -0.357 e. The normalized spacial score (nSPS) is 12.3. The molecule has 152 valence electrons. The quantitative estimate of drug-likeness (QED) is 0.231. The van der Waals surface area contributed by atoms with Crippen molar-refractivity contribution in [2.45, 2.75) is 26.1 Å². The Balaban J connectivity index is 0.00000625. The van der Waals surface area contributed by atoms with E-state index in [1.54, 1.807) is 0 Å². The van der Waals surface area contributed by atoms with E-state index in [0.29, 0.717) is 26.1 Å². The largest absolute Gasteiger partial charge is 0.401 e. The molecule has 0 aliphatic carbocycles. The molecule has 1 aromatic heterocycles.